The van der Waals surface area contributed by atoms with Gasteiger partial charge < -0.3 is 10.2 Å². The van der Waals surface area contributed by atoms with Gasteiger partial charge in [-0.1, -0.05) is 39.0 Å². The fourth-order valence-corrected chi connectivity index (χ4v) is 3.09. The molecular formula is C18H30N2. The number of para-hydroxylation sites is 1. The largest absolute Gasteiger partial charge is 0.370 e. The predicted molar refractivity (Wildman–Crippen MR) is 88.5 cm³/mol. The smallest absolute Gasteiger partial charge is 0.0399 e. The Morgan fingerprint density at radius 1 is 1.25 bits per heavy atom. The Bertz CT molecular complexity index is 400. The molecule has 1 N–H and O–H groups in total. The summed E-state index contributed by atoms with van der Waals surface area (Å²) in [4.78, 5) is 2.55. The Hall–Kier alpha value is -1.02. The van der Waals surface area contributed by atoms with Crippen LogP contribution in [-0.2, 0) is 6.42 Å². The van der Waals surface area contributed by atoms with E-state index in [1.54, 1.807) is 0 Å². The summed E-state index contributed by atoms with van der Waals surface area (Å²) < 4.78 is 0. The monoisotopic (exact) mass is 274 g/mol. The highest BCUT2D eigenvalue weighted by molar-refractivity contribution is 5.55. The molecule has 1 aromatic rings. The molecule has 0 amide bonds. The lowest BCUT2D eigenvalue weighted by Gasteiger charge is -2.35. The van der Waals surface area contributed by atoms with Crippen molar-refractivity contribution in [2.75, 3.05) is 31.1 Å². The summed E-state index contributed by atoms with van der Waals surface area (Å²) in [6, 6.07) is 8.89. The third-order valence-electron chi connectivity index (χ3n) is 4.13. The number of benzene rings is 1. The van der Waals surface area contributed by atoms with Gasteiger partial charge in [0, 0.05) is 25.3 Å². The van der Waals surface area contributed by atoms with Crippen molar-refractivity contribution in [2.45, 2.75) is 40.0 Å². The van der Waals surface area contributed by atoms with Crippen LogP contribution in [0.4, 0.5) is 5.69 Å². The maximum absolute atomic E-state index is 3.59. The van der Waals surface area contributed by atoms with Crippen LogP contribution in [0.1, 0.15) is 39.2 Å². The lowest BCUT2D eigenvalue weighted by molar-refractivity contribution is 0.507. The number of hydrogen-bond donors (Lipinski definition) is 1. The zero-order chi connectivity index (χ0) is 14.4. The second kappa shape index (κ2) is 7.68. The molecule has 0 saturated carbocycles. The van der Waals surface area contributed by atoms with Crippen molar-refractivity contribution in [3.8, 4) is 0 Å². The highest BCUT2D eigenvalue weighted by atomic mass is 15.2. The first kappa shape index (κ1) is 15.4. The Balaban J connectivity index is 1.76. The number of anilines is 1. The summed E-state index contributed by atoms with van der Waals surface area (Å²) in [5, 5.41) is 3.59. The maximum atomic E-state index is 3.59. The van der Waals surface area contributed by atoms with Gasteiger partial charge in [0.2, 0.25) is 0 Å². The number of rotatable bonds is 7. The average Bonchev–Trinajstić information content (AvgIpc) is 2.42. The third-order valence-corrected chi connectivity index (χ3v) is 4.13. The second-order valence-electron chi connectivity index (χ2n) is 6.67. The molecule has 2 rings (SSSR count). The van der Waals surface area contributed by atoms with Crippen LogP contribution < -0.4 is 10.2 Å². The molecule has 1 aliphatic heterocycles. The van der Waals surface area contributed by atoms with Gasteiger partial charge in [-0.05, 0) is 49.3 Å². The van der Waals surface area contributed by atoms with Crippen molar-refractivity contribution >= 4 is 5.69 Å². The average molecular weight is 274 g/mol. The van der Waals surface area contributed by atoms with Crippen LogP contribution in [0.2, 0.25) is 0 Å². The van der Waals surface area contributed by atoms with Crippen LogP contribution >= 0.6 is 0 Å². The number of nitrogens with one attached hydrogen (secondary N) is 1. The number of nitrogens with zero attached hydrogens (tertiary/aromatic N) is 1. The third kappa shape index (κ3) is 4.52. The molecule has 1 heterocycles. The van der Waals surface area contributed by atoms with E-state index in [1.807, 2.05) is 0 Å². The zero-order valence-corrected chi connectivity index (χ0v) is 13.4. The molecule has 1 unspecified atom stereocenters. The fourth-order valence-electron chi connectivity index (χ4n) is 3.09. The van der Waals surface area contributed by atoms with E-state index in [0.717, 1.165) is 31.5 Å². The van der Waals surface area contributed by atoms with E-state index < -0.39 is 0 Å². The molecule has 0 aliphatic carbocycles. The molecule has 1 atom stereocenters. The first-order chi connectivity index (χ1) is 9.66. The standard InChI is InChI=1S/C18H30N2/c1-15(2)7-6-10-19-11-12-20-14-16(3)13-17-8-4-5-9-18(17)20/h4-5,8-9,15-16,19H,6-7,10-14H2,1-3H3. The van der Waals surface area contributed by atoms with E-state index in [0.29, 0.717) is 0 Å². The van der Waals surface area contributed by atoms with E-state index in [9.17, 15) is 0 Å². The van der Waals surface area contributed by atoms with E-state index >= 15 is 0 Å². The van der Waals surface area contributed by atoms with Crippen molar-refractivity contribution in [1.29, 1.82) is 0 Å². The van der Waals surface area contributed by atoms with E-state index in [1.165, 1.54) is 37.1 Å². The number of hydrogen-bond acceptors (Lipinski definition) is 2. The fraction of sp³-hybridized carbons (Fsp3) is 0.667. The van der Waals surface area contributed by atoms with E-state index in [4.69, 9.17) is 0 Å². The predicted octanol–water partition coefficient (Wildman–Crippen LogP) is 3.71. The van der Waals surface area contributed by atoms with Crippen molar-refractivity contribution in [2.24, 2.45) is 11.8 Å². The molecule has 0 spiro atoms. The van der Waals surface area contributed by atoms with Crippen LogP contribution in [0.25, 0.3) is 0 Å². The van der Waals surface area contributed by atoms with Crippen LogP contribution in [-0.4, -0.2) is 26.2 Å². The molecular weight excluding hydrogens is 244 g/mol. The minimum absolute atomic E-state index is 0.769. The Labute approximate surface area is 124 Å². The van der Waals surface area contributed by atoms with E-state index in [-0.39, 0.29) is 0 Å². The van der Waals surface area contributed by atoms with Crippen LogP contribution in [0.5, 0.6) is 0 Å². The molecule has 2 heteroatoms. The minimum atomic E-state index is 0.769. The zero-order valence-electron chi connectivity index (χ0n) is 13.4. The van der Waals surface area contributed by atoms with Gasteiger partial charge in [0.1, 0.15) is 0 Å². The minimum Gasteiger partial charge on any atom is -0.370 e. The van der Waals surface area contributed by atoms with Gasteiger partial charge in [0.15, 0.2) is 0 Å². The lowest BCUT2D eigenvalue weighted by Crippen LogP contribution is -2.39. The van der Waals surface area contributed by atoms with Gasteiger partial charge >= 0.3 is 0 Å². The van der Waals surface area contributed by atoms with Gasteiger partial charge in [-0.15, -0.1) is 0 Å². The van der Waals surface area contributed by atoms with Crippen molar-refractivity contribution < 1.29 is 0 Å². The Morgan fingerprint density at radius 3 is 2.85 bits per heavy atom. The highest BCUT2D eigenvalue weighted by Crippen LogP contribution is 2.28. The summed E-state index contributed by atoms with van der Waals surface area (Å²) in [6.45, 7) is 11.5. The van der Waals surface area contributed by atoms with Crippen molar-refractivity contribution in [3.63, 3.8) is 0 Å². The summed E-state index contributed by atoms with van der Waals surface area (Å²) in [7, 11) is 0. The first-order valence-electron chi connectivity index (χ1n) is 8.20. The van der Waals surface area contributed by atoms with Gasteiger partial charge in [-0.2, -0.15) is 0 Å². The van der Waals surface area contributed by atoms with Gasteiger partial charge in [-0.25, -0.2) is 0 Å². The summed E-state index contributed by atoms with van der Waals surface area (Å²) >= 11 is 0. The van der Waals surface area contributed by atoms with Crippen molar-refractivity contribution in [3.05, 3.63) is 29.8 Å². The Morgan fingerprint density at radius 2 is 2.05 bits per heavy atom. The molecule has 0 fully saturated rings. The number of fused-ring (bicyclic) bond motifs is 1. The SMILES string of the molecule is CC(C)CCCNCCN1CC(C)Cc2ccccc21. The molecule has 2 nitrogen and oxygen atoms in total. The van der Waals surface area contributed by atoms with Gasteiger partial charge in [-0.3, -0.25) is 0 Å². The van der Waals surface area contributed by atoms with Crippen LogP contribution in [0.15, 0.2) is 24.3 Å². The van der Waals surface area contributed by atoms with Gasteiger partial charge in [0.25, 0.3) is 0 Å². The molecule has 0 saturated heterocycles. The molecule has 0 bridgehead atoms. The first-order valence-corrected chi connectivity index (χ1v) is 8.20. The van der Waals surface area contributed by atoms with E-state index in [2.05, 4.69) is 55.3 Å². The summed E-state index contributed by atoms with van der Waals surface area (Å²) in [6.07, 6.45) is 3.86. The van der Waals surface area contributed by atoms with Crippen LogP contribution in [0, 0.1) is 11.8 Å². The maximum Gasteiger partial charge on any atom is 0.0399 e. The Kier molecular flexibility index (Phi) is 5.90. The van der Waals surface area contributed by atoms with Crippen molar-refractivity contribution in [1.82, 2.24) is 5.32 Å². The molecule has 0 radical (unpaired) electrons. The van der Waals surface area contributed by atoms with Crippen LogP contribution in [0.3, 0.4) is 0 Å². The second-order valence-corrected chi connectivity index (χ2v) is 6.67. The summed E-state index contributed by atoms with van der Waals surface area (Å²) in [5.41, 5.74) is 2.97. The normalized spacial score (nSPS) is 18.4. The molecule has 1 aromatic carbocycles. The highest BCUT2D eigenvalue weighted by Gasteiger charge is 2.20. The summed E-state index contributed by atoms with van der Waals surface area (Å²) in [5.74, 6) is 1.59. The molecule has 112 valence electrons. The van der Waals surface area contributed by atoms with Gasteiger partial charge in [0.05, 0.1) is 0 Å². The molecule has 0 aromatic heterocycles. The molecule has 1 aliphatic rings. The quantitative estimate of drug-likeness (QED) is 0.763. The molecule has 20 heavy (non-hydrogen) atoms. The lowest BCUT2D eigenvalue weighted by atomic mass is 9.94. The topological polar surface area (TPSA) is 15.3 Å².